The summed E-state index contributed by atoms with van der Waals surface area (Å²) < 4.78 is 14.0. The molecule has 1 aliphatic rings. The molecule has 2 nitrogen and oxygen atoms in total. The van der Waals surface area contributed by atoms with Crippen molar-refractivity contribution < 1.29 is 9.50 Å². The van der Waals surface area contributed by atoms with Gasteiger partial charge in [-0.1, -0.05) is 13.0 Å². The maximum absolute atomic E-state index is 14.0. The zero-order chi connectivity index (χ0) is 12.4. The van der Waals surface area contributed by atoms with E-state index in [1.165, 1.54) is 12.5 Å². The maximum Gasteiger partial charge on any atom is 0.146 e. The minimum Gasteiger partial charge on any atom is -0.389 e. The molecule has 1 heterocycles. The summed E-state index contributed by atoms with van der Waals surface area (Å²) >= 11 is 0. The summed E-state index contributed by atoms with van der Waals surface area (Å²) in [5, 5.41) is 9.41. The van der Waals surface area contributed by atoms with Crippen molar-refractivity contribution in [2.75, 3.05) is 18.0 Å². The number of hydrogen-bond donors (Lipinski definition) is 1. The number of anilines is 1. The smallest absolute Gasteiger partial charge is 0.146 e. The average molecular weight is 237 g/mol. The van der Waals surface area contributed by atoms with Crippen molar-refractivity contribution in [1.29, 1.82) is 0 Å². The monoisotopic (exact) mass is 237 g/mol. The van der Waals surface area contributed by atoms with Gasteiger partial charge in [0.1, 0.15) is 5.82 Å². The van der Waals surface area contributed by atoms with Gasteiger partial charge >= 0.3 is 0 Å². The zero-order valence-corrected chi connectivity index (χ0v) is 10.5. The summed E-state index contributed by atoms with van der Waals surface area (Å²) in [5.74, 6) is 0.400. The van der Waals surface area contributed by atoms with Gasteiger partial charge in [0, 0.05) is 13.1 Å². The number of nitrogens with zero attached hydrogens (tertiary/aromatic N) is 1. The fraction of sp³-hybridized carbons (Fsp3) is 0.571. The van der Waals surface area contributed by atoms with Crippen LogP contribution in [0.5, 0.6) is 0 Å². The van der Waals surface area contributed by atoms with E-state index in [1.807, 2.05) is 6.07 Å². The van der Waals surface area contributed by atoms with Gasteiger partial charge in [-0.15, -0.1) is 0 Å². The summed E-state index contributed by atoms with van der Waals surface area (Å²) in [4.78, 5) is 2.11. The Morgan fingerprint density at radius 1 is 1.47 bits per heavy atom. The fourth-order valence-electron chi connectivity index (χ4n) is 2.45. The highest BCUT2D eigenvalue weighted by molar-refractivity contribution is 5.49. The molecular weight excluding hydrogens is 217 g/mol. The molecule has 2 atom stereocenters. The molecular formula is C14H20FNO. The Bertz CT molecular complexity index is 392. The quantitative estimate of drug-likeness (QED) is 0.854. The first-order valence-electron chi connectivity index (χ1n) is 6.30. The van der Waals surface area contributed by atoms with Gasteiger partial charge in [-0.2, -0.15) is 0 Å². The average Bonchev–Trinajstić information content (AvgIpc) is 2.28. The molecule has 3 heteroatoms. The predicted molar refractivity (Wildman–Crippen MR) is 67.6 cm³/mol. The van der Waals surface area contributed by atoms with Crippen LogP contribution >= 0.6 is 0 Å². The first-order chi connectivity index (χ1) is 8.08. The molecule has 1 aromatic carbocycles. The van der Waals surface area contributed by atoms with Crippen LogP contribution in [0.3, 0.4) is 0 Å². The van der Waals surface area contributed by atoms with Crippen molar-refractivity contribution in [3.8, 4) is 0 Å². The Labute approximate surface area is 102 Å². The molecule has 0 spiro atoms. The van der Waals surface area contributed by atoms with E-state index in [0.717, 1.165) is 19.5 Å². The Hall–Kier alpha value is -1.09. The van der Waals surface area contributed by atoms with Crippen molar-refractivity contribution in [3.05, 3.63) is 29.6 Å². The number of piperidine rings is 1. The van der Waals surface area contributed by atoms with Gasteiger partial charge in [0.05, 0.1) is 11.8 Å². The topological polar surface area (TPSA) is 23.5 Å². The third kappa shape index (κ3) is 2.78. The SMILES string of the molecule is CC1CCCN(c2ccc([C@H](C)O)cc2F)C1. The van der Waals surface area contributed by atoms with Crippen LogP contribution < -0.4 is 4.90 Å². The molecule has 1 aliphatic heterocycles. The summed E-state index contributed by atoms with van der Waals surface area (Å²) in [6.07, 6.45) is 1.74. The number of halogens is 1. The molecule has 2 rings (SSSR count). The number of hydrogen-bond acceptors (Lipinski definition) is 2. The molecule has 1 unspecified atom stereocenters. The molecule has 94 valence electrons. The Balaban J connectivity index is 2.21. The maximum atomic E-state index is 14.0. The van der Waals surface area contributed by atoms with E-state index in [0.29, 0.717) is 17.2 Å². The lowest BCUT2D eigenvalue weighted by Crippen LogP contribution is -2.34. The van der Waals surface area contributed by atoms with Gasteiger partial charge in [0.2, 0.25) is 0 Å². The lowest BCUT2D eigenvalue weighted by atomic mass is 9.99. The normalized spacial score (nSPS) is 22.6. The van der Waals surface area contributed by atoms with Gasteiger partial charge in [0.15, 0.2) is 0 Å². The molecule has 1 fully saturated rings. The highest BCUT2D eigenvalue weighted by Gasteiger charge is 2.19. The highest BCUT2D eigenvalue weighted by Crippen LogP contribution is 2.27. The molecule has 0 amide bonds. The van der Waals surface area contributed by atoms with Gasteiger partial charge in [0.25, 0.3) is 0 Å². The van der Waals surface area contributed by atoms with E-state index in [9.17, 15) is 9.50 Å². The van der Waals surface area contributed by atoms with E-state index >= 15 is 0 Å². The second kappa shape index (κ2) is 5.05. The Morgan fingerprint density at radius 2 is 2.24 bits per heavy atom. The highest BCUT2D eigenvalue weighted by atomic mass is 19.1. The third-order valence-corrected chi connectivity index (χ3v) is 3.45. The molecule has 0 aliphatic carbocycles. The van der Waals surface area contributed by atoms with Crippen molar-refractivity contribution in [2.45, 2.75) is 32.8 Å². The van der Waals surface area contributed by atoms with Crippen LogP contribution in [0.2, 0.25) is 0 Å². The zero-order valence-electron chi connectivity index (χ0n) is 10.5. The van der Waals surface area contributed by atoms with Crippen molar-refractivity contribution in [1.82, 2.24) is 0 Å². The van der Waals surface area contributed by atoms with Gasteiger partial charge in [-0.05, 0) is 43.4 Å². The minimum absolute atomic E-state index is 0.225. The Kier molecular flexibility index (Phi) is 3.67. The van der Waals surface area contributed by atoms with Crippen LogP contribution in [0.15, 0.2) is 18.2 Å². The van der Waals surface area contributed by atoms with Gasteiger partial charge in [-0.3, -0.25) is 0 Å². The number of aliphatic hydroxyl groups excluding tert-OH is 1. The minimum atomic E-state index is -0.612. The van der Waals surface area contributed by atoms with Crippen LogP contribution in [-0.2, 0) is 0 Å². The first kappa shape index (κ1) is 12.4. The molecule has 0 bridgehead atoms. The number of benzene rings is 1. The molecule has 1 saturated heterocycles. The lowest BCUT2D eigenvalue weighted by Gasteiger charge is -2.33. The summed E-state index contributed by atoms with van der Waals surface area (Å²) in [6, 6.07) is 5.04. The van der Waals surface area contributed by atoms with E-state index in [-0.39, 0.29) is 5.82 Å². The Morgan fingerprint density at radius 3 is 2.82 bits per heavy atom. The summed E-state index contributed by atoms with van der Waals surface area (Å²) in [7, 11) is 0. The molecule has 17 heavy (non-hydrogen) atoms. The van der Waals surface area contributed by atoms with Crippen LogP contribution in [0.4, 0.5) is 10.1 Å². The van der Waals surface area contributed by atoms with E-state index < -0.39 is 6.10 Å². The van der Waals surface area contributed by atoms with Crippen LogP contribution in [0.25, 0.3) is 0 Å². The molecule has 0 aromatic heterocycles. The van der Waals surface area contributed by atoms with Gasteiger partial charge in [-0.25, -0.2) is 4.39 Å². The number of rotatable bonds is 2. The van der Waals surface area contributed by atoms with Gasteiger partial charge < -0.3 is 10.0 Å². The van der Waals surface area contributed by atoms with Crippen molar-refractivity contribution in [3.63, 3.8) is 0 Å². The van der Waals surface area contributed by atoms with Crippen LogP contribution in [-0.4, -0.2) is 18.2 Å². The summed E-state index contributed by atoms with van der Waals surface area (Å²) in [5.41, 5.74) is 1.30. The number of aliphatic hydroxyl groups is 1. The van der Waals surface area contributed by atoms with E-state index in [2.05, 4.69) is 11.8 Å². The molecule has 0 saturated carbocycles. The van der Waals surface area contributed by atoms with Crippen LogP contribution in [0.1, 0.15) is 38.4 Å². The molecule has 1 N–H and O–H groups in total. The standard InChI is InChI=1S/C14H20FNO/c1-10-4-3-7-16(9-10)14-6-5-12(11(2)17)8-13(14)15/h5-6,8,10-11,17H,3-4,7,9H2,1-2H3/t10?,11-/m0/s1. The van der Waals surface area contributed by atoms with E-state index in [4.69, 9.17) is 0 Å². The predicted octanol–water partition coefficient (Wildman–Crippen LogP) is 3.12. The summed E-state index contributed by atoms with van der Waals surface area (Å²) in [6.45, 7) is 5.70. The molecule has 0 radical (unpaired) electrons. The van der Waals surface area contributed by atoms with E-state index in [1.54, 1.807) is 13.0 Å². The second-order valence-corrected chi connectivity index (χ2v) is 5.08. The third-order valence-electron chi connectivity index (χ3n) is 3.45. The van der Waals surface area contributed by atoms with Crippen molar-refractivity contribution >= 4 is 5.69 Å². The fourth-order valence-corrected chi connectivity index (χ4v) is 2.45. The first-order valence-corrected chi connectivity index (χ1v) is 6.30. The van der Waals surface area contributed by atoms with Crippen molar-refractivity contribution in [2.24, 2.45) is 5.92 Å². The van der Waals surface area contributed by atoms with Crippen LogP contribution in [0, 0.1) is 11.7 Å². The second-order valence-electron chi connectivity index (χ2n) is 5.08. The lowest BCUT2D eigenvalue weighted by molar-refractivity contribution is 0.199. The molecule has 1 aromatic rings. The largest absolute Gasteiger partial charge is 0.389 e.